The van der Waals surface area contributed by atoms with Gasteiger partial charge in [0.05, 0.1) is 16.3 Å². The van der Waals surface area contributed by atoms with E-state index in [2.05, 4.69) is 10.3 Å². The van der Waals surface area contributed by atoms with Gasteiger partial charge >= 0.3 is 0 Å². The molecule has 5 rings (SSSR count). The van der Waals surface area contributed by atoms with Crippen molar-refractivity contribution < 1.29 is 14.6 Å². The molecule has 2 aromatic heterocycles. The van der Waals surface area contributed by atoms with E-state index in [-0.39, 0.29) is 11.5 Å². The van der Waals surface area contributed by atoms with Crippen molar-refractivity contribution in [2.75, 3.05) is 5.32 Å². The highest BCUT2D eigenvalue weighted by Gasteiger charge is 2.21. The molecule has 3 aromatic carbocycles. The Bertz CT molecular complexity index is 1610. The van der Waals surface area contributed by atoms with Gasteiger partial charge in [-0.2, -0.15) is 0 Å². The number of benzene rings is 3. The maximum Gasteiger partial charge on any atom is 0.196 e. The highest BCUT2D eigenvalue weighted by atomic mass is 32.1. The molecule has 1 atom stereocenters. The molecule has 0 amide bonds. The van der Waals surface area contributed by atoms with Crippen molar-refractivity contribution in [3.05, 3.63) is 105 Å². The minimum atomic E-state index is -1.60. The fraction of sp³-hybridized carbons (Fsp3) is 0.172. The fourth-order valence-electron chi connectivity index (χ4n) is 4.38. The van der Waals surface area contributed by atoms with Crippen LogP contribution in [0.15, 0.2) is 82.1 Å². The zero-order chi connectivity index (χ0) is 25.4. The molecule has 36 heavy (non-hydrogen) atoms. The summed E-state index contributed by atoms with van der Waals surface area (Å²) in [5, 5.41) is 24.3. The molecular weight excluding hydrogens is 472 g/mol. The Balaban J connectivity index is 1.62. The first-order chi connectivity index (χ1) is 17.3. The first-order valence-electron chi connectivity index (χ1n) is 11.6. The van der Waals surface area contributed by atoms with E-state index in [4.69, 9.17) is 4.42 Å². The number of rotatable bonds is 6. The lowest BCUT2D eigenvalue weighted by Gasteiger charge is -2.21. The summed E-state index contributed by atoms with van der Waals surface area (Å²) in [4.78, 5) is 18.8. The molecule has 0 bridgehead atoms. The molecule has 0 spiro atoms. The Kier molecular flexibility index (Phi) is 6.45. The van der Waals surface area contributed by atoms with Crippen LogP contribution < -0.4 is 10.7 Å². The lowest BCUT2D eigenvalue weighted by Crippen LogP contribution is -2.13. The molecule has 6 nitrogen and oxygen atoms in total. The van der Waals surface area contributed by atoms with Crippen molar-refractivity contribution in [1.29, 1.82) is 0 Å². The smallest absolute Gasteiger partial charge is 0.196 e. The van der Waals surface area contributed by atoms with Gasteiger partial charge in [0.15, 0.2) is 17.5 Å². The molecule has 182 valence electrons. The van der Waals surface area contributed by atoms with Crippen LogP contribution in [-0.4, -0.2) is 15.2 Å². The Labute approximate surface area is 212 Å². The van der Waals surface area contributed by atoms with E-state index < -0.39 is 6.29 Å². The minimum absolute atomic E-state index is 0.0794. The molecular formula is C29H26N2O4S. The van der Waals surface area contributed by atoms with Gasteiger partial charge in [0.1, 0.15) is 10.6 Å². The van der Waals surface area contributed by atoms with Gasteiger partial charge in [-0.1, -0.05) is 54.6 Å². The normalized spacial score (nSPS) is 12.3. The third kappa shape index (κ3) is 4.44. The van der Waals surface area contributed by atoms with E-state index >= 15 is 0 Å². The summed E-state index contributed by atoms with van der Waals surface area (Å²) in [5.74, 6) is 0.510. The standard InChI is InChI=1S/C29H26N2O4S/c1-16-13-21(18(3)31-23-12-8-7-11-20(23)29(33)34)27-22(14-16)25(32)17(2)26(35-27)24-15-30-28(36-24)19-9-5-4-6-10-19/h4-15,18,29,31,33-34H,1-3H3. The molecule has 7 heteroatoms. The number of para-hydroxylation sites is 1. The molecule has 2 heterocycles. The summed E-state index contributed by atoms with van der Waals surface area (Å²) in [6.45, 7) is 5.68. The lowest BCUT2D eigenvalue weighted by atomic mass is 9.99. The minimum Gasteiger partial charge on any atom is -0.454 e. The van der Waals surface area contributed by atoms with E-state index in [0.29, 0.717) is 33.5 Å². The van der Waals surface area contributed by atoms with Gasteiger partial charge in [0.25, 0.3) is 0 Å². The molecule has 0 saturated heterocycles. The van der Waals surface area contributed by atoms with Gasteiger partial charge < -0.3 is 19.9 Å². The van der Waals surface area contributed by atoms with E-state index in [1.165, 1.54) is 11.3 Å². The van der Waals surface area contributed by atoms with Crippen LogP contribution in [0.1, 0.15) is 41.5 Å². The summed E-state index contributed by atoms with van der Waals surface area (Å²) in [6.07, 6.45) is 0.144. The second kappa shape index (κ2) is 9.70. The van der Waals surface area contributed by atoms with E-state index in [9.17, 15) is 15.0 Å². The largest absolute Gasteiger partial charge is 0.454 e. The quantitative estimate of drug-likeness (QED) is 0.236. The van der Waals surface area contributed by atoms with Crippen molar-refractivity contribution in [2.45, 2.75) is 33.1 Å². The van der Waals surface area contributed by atoms with Crippen molar-refractivity contribution in [3.8, 4) is 21.2 Å². The van der Waals surface area contributed by atoms with Gasteiger partial charge in [-0.25, -0.2) is 4.98 Å². The fourth-order valence-corrected chi connectivity index (χ4v) is 5.34. The summed E-state index contributed by atoms with van der Waals surface area (Å²) in [6, 6.07) is 20.5. The van der Waals surface area contributed by atoms with Crippen LogP contribution in [-0.2, 0) is 0 Å². The molecule has 0 aliphatic rings. The monoisotopic (exact) mass is 498 g/mol. The number of fused-ring (bicyclic) bond motifs is 1. The number of aliphatic hydroxyl groups is 2. The number of nitrogens with one attached hydrogen (secondary N) is 1. The van der Waals surface area contributed by atoms with E-state index in [0.717, 1.165) is 26.6 Å². The number of aryl methyl sites for hydroxylation is 1. The van der Waals surface area contributed by atoms with Crippen LogP contribution in [0.4, 0.5) is 5.69 Å². The number of aliphatic hydroxyl groups excluding tert-OH is 1. The molecule has 5 aromatic rings. The number of thiazole rings is 1. The summed E-state index contributed by atoms with van der Waals surface area (Å²) in [7, 11) is 0. The molecule has 1 unspecified atom stereocenters. The number of aromatic nitrogens is 1. The predicted molar refractivity (Wildman–Crippen MR) is 144 cm³/mol. The summed E-state index contributed by atoms with van der Waals surface area (Å²) < 4.78 is 6.46. The highest BCUT2D eigenvalue weighted by Crippen LogP contribution is 2.37. The van der Waals surface area contributed by atoms with Gasteiger partial charge in [-0.15, -0.1) is 11.3 Å². The zero-order valence-corrected chi connectivity index (χ0v) is 21.0. The van der Waals surface area contributed by atoms with Crippen molar-refractivity contribution in [3.63, 3.8) is 0 Å². The Morgan fingerprint density at radius 2 is 1.69 bits per heavy atom. The first kappa shape index (κ1) is 23.9. The highest BCUT2D eigenvalue weighted by molar-refractivity contribution is 7.18. The maximum atomic E-state index is 13.5. The molecule has 0 aliphatic heterocycles. The second-order valence-electron chi connectivity index (χ2n) is 8.84. The average Bonchev–Trinajstić information content (AvgIpc) is 3.37. The van der Waals surface area contributed by atoms with E-state index in [1.54, 1.807) is 31.3 Å². The van der Waals surface area contributed by atoms with Crippen molar-refractivity contribution in [2.24, 2.45) is 0 Å². The zero-order valence-electron chi connectivity index (χ0n) is 20.1. The van der Waals surface area contributed by atoms with Crippen LogP contribution >= 0.6 is 11.3 Å². The molecule has 0 radical (unpaired) electrons. The van der Waals surface area contributed by atoms with Crippen LogP contribution in [0, 0.1) is 13.8 Å². The number of anilines is 1. The topological polar surface area (TPSA) is 95.6 Å². The van der Waals surface area contributed by atoms with Gasteiger partial charge in [-0.3, -0.25) is 4.79 Å². The first-order valence-corrected chi connectivity index (χ1v) is 12.5. The lowest BCUT2D eigenvalue weighted by molar-refractivity contribution is -0.0419. The van der Waals surface area contributed by atoms with Crippen LogP contribution in [0.3, 0.4) is 0 Å². The molecule has 3 N–H and O–H groups in total. The van der Waals surface area contributed by atoms with Gasteiger partial charge in [0.2, 0.25) is 0 Å². The van der Waals surface area contributed by atoms with Crippen LogP contribution in [0.2, 0.25) is 0 Å². The molecule has 0 fully saturated rings. The third-order valence-electron chi connectivity index (χ3n) is 6.22. The molecule has 0 saturated carbocycles. The predicted octanol–water partition coefficient (Wildman–Crippen LogP) is 6.36. The summed E-state index contributed by atoms with van der Waals surface area (Å²) in [5.41, 5.74) is 4.68. The summed E-state index contributed by atoms with van der Waals surface area (Å²) >= 11 is 1.48. The number of hydrogen-bond acceptors (Lipinski definition) is 7. The van der Waals surface area contributed by atoms with Gasteiger partial charge in [-0.05, 0) is 38.5 Å². The Morgan fingerprint density at radius 3 is 2.44 bits per heavy atom. The Hall–Kier alpha value is -3.78. The molecule has 0 aliphatic carbocycles. The SMILES string of the molecule is Cc1cc(C(C)Nc2ccccc2C(O)O)c2oc(-c3cnc(-c4ccccc4)s3)c(C)c(=O)c2c1. The number of nitrogens with zero attached hydrogens (tertiary/aromatic N) is 1. The second-order valence-corrected chi connectivity index (χ2v) is 9.87. The Morgan fingerprint density at radius 1 is 0.972 bits per heavy atom. The van der Waals surface area contributed by atoms with Crippen LogP contribution in [0.5, 0.6) is 0 Å². The average molecular weight is 499 g/mol. The maximum absolute atomic E-state index is 13.5. The van der Waals surface area contributed by atoms with Gasteiger partial charge in [0, 0.05) is 34.1 Å². The third-order valence-corrected chi connectivity index (χ3v) is 7.26. The van der Waals surface area contributed by atoms with Crippen molar-refractivity contribution >= 4 is 28.0 Å². The van der Waals surface area contributed by atoms with Crippen molar-refractivity contribution in [1.82, 2.24) is 4.98 Å². The van der Waals surface area contributed by atoms with E-state index in [1.807, 2.05) is 62.4 Å². The van der Waals surface area contributed by atoms with Crippen LogP contribution in [0.25, 0.3) is 32.2 Å². The number of hydrogen-bond donors (Lipinski definition) is 3.